The molecule has 0 saturated heterocycles. The zero-order valence-corrected chi connectivity index (χ0v) is 17.5. The second kappa shape index (κ2) is 8.52. The van der Waals surface area contributed by atoms with E-state index in [1.807, 2.05) is 6.07 Å². The molecule has 10 heteroatoms. The summed E-state index contributed by atoms with van der Waals surface area (Å²) in [7, 11) is 1.49. The van der Waals surface area contributed by atoms with Crippen LogP contribution in [-0.4, -0.2) is 35.0 Å². The lowest BCUT2D eigenvalue weighted by molar-refractivity contribution is 0.158. The highest BCUT2D eigenvalue weighted by Crippen LogP contribution is 2.22. The van der Waals surface area contributed by atoms with Crippen molar-refractivity contribution in [3.8, 4) is 5.75 Å². The summed E-state index contributed by atoms with van der Waals surface area (Å²) >= 11 is 0. The molecular weight excluding hydrogens is 412 g/mol. The third-order valence-electron chi connectivity index (χ3n) is 5.16. The number of benzene rings is 2. The number of aromatic hydroxyl groups is 1. The number of aromatic nitrogens is 4. The molecule has 0 unspecified atom stereocenters. The van der Waals surface area contributed by atoms with Crippen LogP contribution in [0.4, 0.5) is 5.95 Å². The molecule has 0 aliphatic rings. The fourth-order valence-electron chi connectivity index (χ4n) is 3.42. The van der Waals surface area contributed by atoms with Gasteiger partial charge < -0.3 is 10.2 Å². The normalized spacial score (nSPS) is 12.8. The number of phenolic OH excluding ortho intramolecular Hbond substituents is 1. The number of H-pyrrole nitrogens is 1. The highest BCUT2D eigenvalue weighted by molar-refractivity contribution is 6.01. The summed E-state index contributed by atoms with van der Waals surface area (Å²) in [5, 5.41) is 25.1. The van der Waals surface area contributed by atoms with E-state index in [-0.39, 0.29) is 29.4 Å². The molecule has 0 saturated carbocycles. The maximum Gasteiger partial charge on any atom is 0.329 e. The standard InChI is InChI=1S/C22H22N6O4/c1-13(15-10-6-7-11-16(15)29)25-26-21-23-19-18(20(31)24-22(32)27(19)2)28(21)12-17(30)14-8-4-3-5-9-14/h3-11,17,29-30H,12H2,1-2H3,(H,23,26)(H,24,31,32)/b25-13-/t17-/m1/s1. The number of nitrogens with zero attached hydrogens (tertiary/aromatic N) is 4. The molecule has 1 atom stereocenters. The molecule has 4 N–H and O–H groups in total. The first-order valence-corrected chi connectivity index (χ1v) is 9.88. The smallest absolute Gasteiger partial charge is 0.329 e. The lowest BCUT2D eigenvalue weighted by Crippen LogP contribution is -2.29. The van der Waals surface area contributed by atoms with Crippen molar-refractivity contribution in [1.29, 1.82) is 0 Å². The van der Waals surface area contributed by atoms with E-state index >= 15 is 0 Å². The van der Waals surface area contributed by atoms with E-state index in [0.717, 1.165) is 0 Å². The molecule has 0 amide bonds. The second-order valence-corrected chi connectivity index (χ2v) is 7.29. The Morgan fingerprint density at radius 2 is 1.84 bits per heavy atom. The number of aliphatic hydroxyl groups is 1. The van der Waals surface area contributed by atoms with Gasteiger partial charge in [0.15, 0.2) is 11.2 Å². The first-order valence-electron chi connectivity index (χ1n) is 9.88. The average molecular weight is 434 g/mol. The molecule has 4 aromatic rings. The van der Waals surface area contributed by atoms with Crippen molar-refractivity contribution in [2.75, 3.05) is 5.43 Å². The van der Waals surface area contributed by atoms with Gasteiger partial charge in [-0.25, -0.2) is 10.2 Å². The Balaban J connectivity index is 1.80. The Hall–Kier alpha value is -4.18. The first kappa shape index (κ1) is 21.1. The maximum absolute atomic E-state index is 12.6. The van der Waals surface area contributed by atoms with Gasteiger partial charge in [-0.2, -0.15) is 10.1 Å². The van der Waals surface area contributed by atoms with E-state index in [4.69, 9.17) is 0 Å². The average Bonchev–Trinajstić information content (AvgIpc) is 3.15. The van der Waals surface area contributed by atoms with E-state index in [0.29, 0.717) is 16.8 Å². The first-order chi connectivity index (χ1) is 15.4. The molecule has 0 bridgehead atoms. The predicted octanol–water partition coefficient (Wildman–Crippen LogP) is 1.70. The van der Waals surface area contributed by atoms with Crippen LogP contribution in [0.25, 0.3) is 11.2 Å². The van der Waals surface area contributed by atoms with Crippen LogP contribution in [0, 0.1) is 0 Å². The summed E-state index contributed by atoms with van der Waals surface area (Å²) in [5.74, 6) is 0.235. The van der Waals surface area contributed by atoms with Gasteiger partial charge in [0, 0.05) is 12.6 Å². The van der Waals surface area contributed by atoms with Gasteiger partial charge in [0.1, 0.15) is 5.75 Å². The Morgan fingerprint density at radius 3 is 2.56 bits per heavy atom. The lowest BCUT2D eigenvalue weighted by Gasteiger charge is -2.14. The number of hydrazone groups is 1. The molecule has 2 aromatic carbocycles. The topological polar surface area (TPSA) is 138 Å². The van der Waals surface area contributed by atoms with Crippen molar-refractivity contribution in [3.05, 3.63) is 86.6 Å². The summed E-state index contributed by atoms with van der Waals surface area (Å²) in [6.07, 6.45) is -0.936. The molecular formula is C22H22N6O4. The molecule has 0 spiro atoms. The lowest BCUT2D eigenvalue weighted by atomic mass is 10.1. The van der Waals surface area contributed by atoms with Crippen LogP contribution in [0.1, 0.15) is 24.2 Å². The Labute approximate surface area is 182 Å². The number of phenols is 1. The summed E-state index contributed by atoms with van der Waals surface area (Å²) in [5.41, 5.74) is 3.53. The second-order valence-electron chi connectivity index (χ2n) is 7.29. The van der Waals surface area contributed by atoms with E-state index in [9.17, 15) is 19.8 Å². The van der Waals surface area contributed by atoms with Crippen LogP contribution in [-0.2, 0) is 13.6 Å². The Kier molecular flexibility index (Phi) is 5.61. The van der Waals surface area contributed by atoms with Crippen LogP contribution in [0.5, 0.6) is 5.75 Å². The zero-order valence-electron chi connectivity index (χ0n) is 17.5. The maximum atomic E-state index is 12.6. The van der Waals surface area contributed by atoms with E-state index in [1.54, 1.807) is 55.5 Å². The third kappa shape index (κ3) is 3.91. The highest BCUT2D eigenvalue weighted by Gasteiger charge is 2.20. The molecule has 0 fully saturated rings. The number of nitrogens with one attached hydrogen (secondary N) is 2. The van der Waals surface area contributed by atoms with Crippen LogP contribution < -0.4 is 16.7 Å². The molecule has 0 aliphatic heterocycles. The summed E-state index contributed by atoms with van der Waals surface area (Å²) < 4.78 is 2.69. The van der Waals surface area contributed by atoms with Gasteiger partial charge in [-0.3, -0.25) is 18.9 Å². The van der Waals surface area contributed by atoms with Crippen molar-refractivity contribution < 1.29 is 10.2 Å². The van der Waals surface area contributed by atoms with E-state index in [2.05, 4.69) is 20.5 Å². The number of hydrogen-bond donors (Lipinski definition) is 4. The molecule has 0 aliphatic carbocycles. The number of aryl methyl sites for hydroxylation is 1. The van der Waals surface area contributed by atoms with Gasteiger partial charge >= 0.3 is 5.69 Å². The van der Waals surface area contributed by atoms with E-state index in [1.165, 1.54) is 16.2 Å². The third-order valence-corrected chi connectivity index (χ3v) is 5.16. The number of fused-ring (bicyclic) bond motifs is 1. The quantitative estimate of drug-likeness (QED) is 0.269. The molecule has 32 heavy (non-hydrogen) atoms. The minimum absolute atomic E-state index is 0.00468. The summed E-state index contributed by atoms with van der Waals surface area (Å²) in [4.78, 5) is 31.3. The Morgan fingerprint density at radius 1 is 1.16 bits per heavy atom. The van der Waals surface area contributed by atoms with Gasteiger partial charge in [0.05, 0.1) is 18.4 Å². The molecule has 10 nitrogen and oxygen atoms in total. The summed E-state index contributed by atoms with van der Waals surface area (Å²) in [6.45, 7) is 1.70. The number of anilines is 1. The minimum Gasteiger partial charge on any atom is -0.507 e. The van der Waals surface area contributed by atoms with Gasteiger partial charge in [-0.15, -0.1) is 0 Å². The predicted molar refractivity (Wildman–Crippen MR) is 121 cm³/mol. The van der Waals surface area contributed by atoms with Gasteiger partial charge in [-0.05, 0) is 24.6 Å². The van der Waals surface area contributed by atoms with Crippen LogP contribution in [0.3, 0.4) is 0 Å². The number of para-hydroxylation sites is 1. The zero-order chi connectivity index (χ0) is 22.8. The number of aliphatic hydroxyl groups excluding tert-OH is 1. The number of aromatic amines is 1. The minimum atomic E-state index is -0.936. The highest BCUT2D eigenvalue weighted by atomic mass is 16.3. The summed E-state index contributed by atoms with van der Waals surface area (Å²) in [6, 6.07) is 15.7. The largest absolute Gasteiger partial charge is 0.507 e. The van der Waals surface area contributed by atoms with Gasteiger partial charge in [0.2, 0.25) is 5.95 Å². The molecule has 2 aromatic heterocycles. The molecule has 0 radical (unpaired) electrons. The fraction of sp³-hybridized carbons (Fsp3) is 0.182. The monoisotopic (exact) mass is 434 g/mol. The fourth-order valence-corrected chi connectivity index (χ4v) is 3.42. The molecule has 2 heterocycles. The van der Waals surface area contributed by atoms with Gasteiger partial charge in [0.25, 0.3) is 5.56 Å². The molecule has 4 rings (SSSR count). The Bertz CT molecular complexity index is 1420. The van der Waals surface area contributed by atoms with Crippen LogP contribution >= 0.6 is 0 Å². The van der Waals surface area contributed by atoms with Crippen LogP contribution in [0.15, 0.2) is 69.3 Å². The van der Waals surface area contributed by atoms with Crippen molar-refractivity contribution in [3.63, 3.8) is 0 Å². The van der Waals surface area contributed by atoms with Crippen molar-refractivity contribution >= 4 is 22.8 Å². The number of hydrogen-bond acceptors (Lipinski definition) is 7. The SMILES string of the molecule is C/C(=N/Nc1nc2c(c(=O)[nH]c(=O)n2C)n1C[C@@H](O)c1ccccc1)c1ccccc1O. The van der Waals surface area contributed by atoms with E-state index < -0.39 is 17.4 Å². The number of imidazole rings is 1. The van der Waals surface area contributed by atoms with Gasteiger partial charge in [-0.1, -0.05) is 42.5 Å². The van der Waals surface area contributed by atoms with Crippen molar-refractivity contribution in [2.45, 2.75) is 19.6 Å². The number of rotatable bonds is 6. The molecule has 164 valence electrons. The van der Waals surface area contributed by atoms with Crippen LogP contribution in [0.2, 0.25) is 0 Å². The van der Waals surface area contributed by atoms with Crippen molar-refractivity contribution in [1.82, 2.24) is 19.1 Å². The van der Waals surface area contributed by atoms with Crippen molar-refractivity contribution in [2.24, 2.45) is 12.1 Å².